The molecule has 7 nitrogen and oxygen atoms in total. The van der Waals surface area contributed by atoms with Gasteiger partial charge in [0.2, 0.25) is 15.9 Å². The first-order chi connectivity index (χ1) is 14.8. The third kappa shape index (κ3) is 5.19. The maximum atomic E-state index is 12.9. The van der Waals surface area contributed by atoms with Crippen molar-refractivity contribution in [1.82, 2.24) is 9.62 Å². The first kappa shape index (κ1) is 23.1. The summed E-state index contributed by atoms with van der Waals surface area (Å²) in [7, 11) is -0.476. The molecule has 3 rings (SSSR count). The second-order valence-corrected chi connectivity index (χ2v) is 9.51. The van der Waals surface area contributed by atoms with E-state index < -0.39 is 10.0 Å². The molecule has 8 heteroatoms. The van der Waals surface area contributed by atoms with Crippen molar-refractivity contribution in [3.63, 3.8) is 0 Å². The highest BCUT2D eigenvalue weighted by molar-refractivity contribution is 7.89. The molecule has 1 aliphatic heterocycles. The Hall–Kier alpha value is -2.58. The molecule has 0 aromatic heterocycles. The zero-order chi connectivity index (χ0) is 22.6. The molecule has 1 fully saturated rings. The number of benzene rings is 2. The second kappa shape index (κ2) is 9.70. The minimum atomic E-state index is -3.67. The number of carbonyl (C=O) groups excluding carboxylic acids is 1. The number of rotatable bonds is 8. The van der Waals surface area contributed by atoms with Crippen LogP contribution in [-0.2, 0) is 14.8 Å². The van der Waals surface area contributed by atoms with Crippen molar-refractivity contribution in [2.75, 3.05) is 27.3 Å². The van der Waals surface area contributed by atoms with Crippen LogP contribution in [0, 0.1) is 13.8 Å². The molecule has 1 N–H and O–H groups in total. The fraction of sp³-hybridized carbons (Fsp3) is 0.435. The molecule has 1 atom stereocenters. The number of aryl methyl sites for hydroxylation is 2. The standard InChI is InChI=1S/C23H30N2O5S/c1-16-7-8-17(2)22(14-16)31(27,28)24-12-11-23(26)25-13-5-6-20(25)19-10-9-18(29-3)15-21(19)30-4/h7-10,14-15,20,24H,5-6,11-13H2,1-4H3/t20-/m1/s1. The van der Waals surface area contributed by atoms with E-state index in [1.54, 1.807) is 33.3 Å². The zero-order valence-electron chi connectivity index (χ0n) is 18.5. The van der Waals surface area contributed by atoms with Gasteiger partial charge in [-0.25, -0.2) is 13.1 Å². The Kier molecular flexibility index (Phi) is 7.23. The number of likely N-dealkylation sites (tertiary alicyclic amines) is 1. The van der Waals surface area contributed by atoms with Crippen molar-refractivity contribution in [3.05, 3.63) is 53.1 Å². The van der Waals surface area contributed by atoms with Crippen LogP contribution in [0.3, 0.4) is 0 Å². The summed E-state index contributed by atoms with van der Waals surface area (Å²) in [6.07, 6.45) is 1.82. The van der Waals surface area contributed by atoms with Crippen molar-refractivity contribution < 1.29 is 22.7 Å². The van der Waals surface area contributed by atoms with Crippen molar-refractivity contribution in [2.45, 2.75) is 44.0 Å². The quantitative estimate of drug-likeness (QED) is 0.672. The molecule has 1 amide bonds. The summed E-state index contributed by atoms with van der Waals surface area (Å²) in [5, 5.41) is 0. The average Bonchev–Trinajstić information content (AvgIpc) is 3.24. The number of hydrogen-bond donors (Lipinski definition) is 1. The van der Waals surface area contributed by atoms with Gasteiger partial charge in [-0.2, -0.15) is 0 Å². The van der Waals surface area contributed by atoms with Crippen LogP contribution in [0.4, 0.5) is 0 Å². The van der Waals surface area contributed by atoms with E-state index in [-0.39, 0.29) is 29.8 Å². The predicted octanol–water partition coefficient (Wildman–Crippen LogP) is 3.35. The van der Waals surface area contributed by atoms with Crippen molar-refractivity contribution in [2.24, 2.45) is 0 Å². The van der Waals surface area contributed by atoms with Gasteiger partial charge >= 0.3 is 0 Å². The van der Waals surface area contributed by atoms with Crippen molar-refractivity contribution in [1.29, 1.82) is 0 Å². The summed E-state index contributed by atoms with van der Waals surface area (Å²) in [6.45, 7) is 4.30. The fourth-order valence-electron chi connectivity index (χ4n) is 3.99. The van der Waals surface area contributed by atoms with Gasteiger partial charge in [0.05, 0.1) is 25.2 Å². The highest BCUT2D eigenvalue weighted by Crippen LogP contribution is 2.38. The van der Waals surface area contributed by atoms with Crippen LogP contribution in [0.2, 0.25) is 0 Å². The first-order valence-corrected chi connectivity index (χ1v) is 11.8. The van der Waals surface area contributed by atoms with Crippen LogP contribution < -0.4 is 14.2 Å². The van der Waals surface area contributed by atoms with Crippen molar-refractivity contribution >= 4 is 15.9 Å². The minimum absolute atomic E-state index is 0.0531. The van der Waals surface area contributed by atoms with Gasteiger partial charge in [-0.3, -0.25) is 4.79 Å². The van der Waals surface area contributed by atoms with E-state index >= 15 is 0 Å². The largest absolute Gasteiger partial charge is 0.497 e. The summed E-state index contributed by atoms with van der Waals surface area (Å²) in [5.74, 6) is 1.29. The Morgan fingerprint density at radius 2 is 1.90 bits per heavy atom. The maximum absolute atomic E-state index is 12.9. The third-order valence-electron chi connectivity index (χ3n) is 5.64. The number of nitrogens with one attached hydrogen (secondary N) is 1. The number of hydrogen-bond acceptors (Lipinski definition) is 5. The normalized spacial score (nSPS) is 16.4. The number of ether oxygens (including phenoxy) is 2. The number of methoxy groups -OCH3 is 2. The van der Waals surface area contributed by atoms with Gasteiger partial charge in [0.15, 0.2) is 0 Å². The Labute approximate surface area is 184 Å². The minimum Gasteiger partial charge on any atom is -0.497 e. The van der Waals surface area contributed by atoms with Gasteiger partial charge in [0, 0.05) is 31.1 Å². The lowest BCUT2D eigenvalue weighted by molar-refractivity contribution is -0.132. The number of carbonyl (C=O) groups is 1. The van der Waals surface area contributed by atoms with E-state index in [2.05, 4.69) is 4.72 Å². The van der Waals surface area contributed by atoms with E-state index in [0.717, 1.165) is 24.0 Å². The van der Waals surface area contributed by atoms with Crippen LogP contribution in [0.1, 0.15) is 42.0 Å². The average molecular weight is 447 g/mol. The molecule has 0 unspecified atom stereocenters. The molecule has 0 saturated carbocycles. The lowest BCUT2D eigenvalue weighted by atomic mass is 10.0. The summed E-state index contributed by atoms with van der Waals surface area (Å²) in [6, 6.07) is 10.8. The molecule has 1 saturated heterocycles. The highest BCUT2D eigenvalue weighted by Gasteiger charge is 2.32. The van der Waals surface area contributed by atoms with E-state index in [1.165, 1.54) is 0 Å². The van der Waals surface area contributed by atoms with E-state index in [1.807, 2.05) is 36.1 Å². The second-order valence-electron chi connectivity index (χ2n) is 7.77. The maximum Gasteiger partial charge on any atom is 0.240 e. The predicted molar refractivity (Wildman–Crippen MR) is 119 cm³/mol. The monoisotopic (exact) mass is 446 g/mol. The van der Waals surface area contributed by atoms with E-state index in [4.69, 9.17) is 9.47 Å². The van der Waals surface area contributed by atoms with Crippen molar-refractivity contribution in [3.8, 4) is 11.5 Å². The Balaban J connectivity index is 1.67. The molecular formula is C23H30N2O5S. The first-order valence-electron chi connectivity index (χ1n) is 10.3. The molecule has 0 spiro atoms. The lowest BCUT2D eigenvalue weighted by Gasteiger charge is -2.26. The smallest absolute Gasteiger partial charge is 0.240 e. The highest BCUT2D eigenvalue weighted by atomic mass is 32.2. The lowest BCUT2D eigenvalue weighted by Crippen LogP contribution is -2.34. The van der Waals surface area contributed by atoms with Gasteiger partial charge in [-0.15, -0.1) is 0 Å². The van der Waals surface area contributed by atoms with E-state index in [9.17, 15) is 13.2 Å². The fourth-order valence-corrected chi connectivity index (χ4v) is 5.35. The van der Waals surface area contributed by atoms with Gasteiger partial charge < -0.3 is 14.4 Å². The number of nitrogens with zero attached hydrogens (tertiary/aromatic N) is 1. The molecule has 1 heterocycles. The third-order valence-corrected chi connectivity index (χ3v) is 7.24. The van der Waals surface area contributed by atoms with Gasteiger partial charge in [-0.05, 0) is 56.0 Å². The summed E-state index contributed by atoms with van der Waals surface area (Å²) >= 11 is 0. The Morgan fingerprint density at radius 3 is 2.61 bits per heavy atom. The SMILES string of the molecule is COc1ccc([C@H]2CCCN2C(=O)CCNS(=O)(=O)c2cc(C)ccc2C)c(OC)c1. The summed E-state index contributed by atoms with van der Waals surface area (Å²) in [5.41, 5.74) is 2.48. The number of amides is 1. The number of sulfonamides is 1. The molecule has 2 aromatic carbocycles. The zero-order valence-corrected chi connectivity index (χ0v) is 19.3. The summed E-state index contributed by atoms with van der Waals surface area (Å²) < 4.78 is 38.7. The molecule has 1 aliphatic rings. The van der Waals surface area contributed by atoms with Gasteiger partial charge in [-0.1, -0.05) is 12.1 Å². The van der Waals surface area contributed by atoms with Crippen LogP contribution in [0.15, 0.2) is 41.3 Å². The Morgan fingerprint density at radius 1 is 1.13 bits per heavy atom. The van der Waals surface area contributed by atoms with Gasteiger partial charge in [0.1, 0.15) is 11.5 Å². The topological polar surface area (TPSA) is 84.9 Å². The molecule has 0 radical (unpaired) electrons. The van der Waals surface area contributed by atoms with E-state index in [0.29, 0.717) is 23.6 Å². The van der Waals surface area contributed by atoms with Gasteiger partial charge in [0.25, 0.3) is 0 Å². The Bertz CT molecular complexity index is 1050. The molecule has 2 aromatic rings. The summed E-state index contributed by atoms with van der Waals surface area (Å²) in [4.78, 5) is 15.0. The van der Waals surface area contributed by atoms with Crippen LogP contribution in [0.25, 0.3) is 0 Å². The van der Waals surface area contributed by atoms with Crippen LogP contribution >= 0.6 is 0 Å². The molecule has 0 aliphatic carbocycles. The molecule has 168 valence electrons. The van der Waals surface area contributed by atoms with Crippen LogP contribution in [-0.4, -0.2) is 46.5 Å². The molecule has 0 bridgehead atoms. The molecule has 31 heavy (non-hydrogen) atoms. The molecular weight excluding hydrogens is 416 g/mol. The van der Waals surface area contributed by atoms with Crippen LogP contribution in [0.5, 0.6) is 11.5 Å².